The first-order valence-corrected chi connectivity index (χ1v) is 14.3. The average Bonchev–Trinajstić information content (AvgIpc) is 3.26. The van der Waals surface area contributed by atoms with E-state index < -0.39 is 10.0 Å². The van der Waals surface area contributed by atoms with Crippen LogP contribution in [-0.4, -0.2) is 70.8 Å². The number of benzene rings is 1. The molecule has 2 heterocycles. The maximum Gasteiger partial charge on any atom is 0.251 e. The van der Waals surface area contributed by atoms with Crippen molar-refractivity contribution in [2.45, 2.75) is 44.3 Å². The first kappa shape index (κ1) is 26.9. The van der Waals surface area contributed by atoms with Gasteiger partial charge in [0.15, 0.2) is 10.8 Å². The molecule has 0 bridgehead atoms. The van der Waals surface area contributed by atoms with Crippen LogP contribution < -0.4 is 10.6 Å². The number of anilines is 1. The second kappa shape index (κ2) is 11.8. The summed E-state index contributed by atoms with van der Waals surface area (Å²) in [6.45, 7) is 10.2. The van der Waals surface area contributed by atoms with Crippen LogP contribution in [0.1, 0.15) is 38.1 Å². The van der Waals surface area contributed by atoms with Crippen LogP contribution in [0, 0.1) is 5.92 Å². The summed E-state index contributed by atoms with van der Waals surface area (Å²) in [5, 5.41) is 12.2. The molecule has 190 valence electrons. The standard InChI is InChI=1S/C23H33N7O3S2/c1-6-29(7-2)35(32,33)18-10-8-17(9-11-18)22(31)24-12-13-30-21-19(15-26-30)20(25-14-16(3)4)27-23(28-21)34-5/h8-11,15-16H,6-7,12-14H2,1-5H3,(H,24,31)(H,25,27,28). The summed E-state index contributed by atoms with van der Waals surface area (Å²) in [6, 6.07) is 5.99. The van der Waals surface area contributed by atoms with Gasteiger partial charge in [0, 0.05) is 31.7 Å². The third-order valence-corrected chi connectivity index (χ3v) is 8.02. The SMILES string of the molecule is CCN(CC)S(=O)(=O)c1ccc(C(=O)NCCn2ncc3c(NCC(C)C)nc(SC)nc32)cc1. The van der Waals surface area contributed by atoms with Crippen molar-refractivity contribution in [3.8, 4) is 0 Å². The fourth-order valence-corrected chi connectivity index (χ4v) is 5.31. The number of amides is 1. The van der Waals surface area contributed by atoms with Crippen molar-refractivity contribution in [1.29, 1.82) is 0 Å². The molecule has 0 spiro atoms. The normalized spacial score (nSPS) is 12.0. The van der Waals surface area contributed by atoms with E-state index in [0.717, 1.165) is 17.7 Å². The molecule has 0 aliphatic rings. The van der Waals surface area contributed by atoms with E-state index in [4.69, 9.17) is 0 Å². The Hall–Kier alpha value is -2.70. The van der Waals surface area contributed by atoms with Gasteiger partial charge < -0.3 is 10.6 Å². The van der Waals surface area contributed by atoms with E-state index >= 15 is 0 Å². The van der Waals surface area contributed by atoms with E-state index in [1.54, 1.807) is 24.7 Å². The first-order chi connectivity index (χ1) is 16.7. The molecule has 0 unspecified atom stereocenters. The van der Waals surface area contributed by atoms with Crippen molar-refractivity contribution in [3.05, 3.63) is 36.0 Å². The number of nitrogens with one attached hydrogen (secondary N) is 2. The smallest absolute Gasteiger partial charge is 0.251 e. The van der Waals surface area contributed by atoms with Crippen LogP contribution in [0.3, 0.4) is 0 Å². The van der Waals surface area contributed by atoms with Gasteiger partial charge in [-0.25, -0.2) is 23.1 Å². The lowest BCUT2D eigenvalue weighted by atomic mass is 10.2. The quantitative estimate of drug-likeness (QED) is 0.277. The molecular weight excluding hydrogens is 486 g/mol. The lowest BCUT2D eigenvalue weighted by molar-refractivity contribution is 0.0952. The number of aromatic nitrogens is 4. The Morgan fingerprint density at radius 3 is 2.43 bits per heavy atom. The van der Waals surface area contributed by atoms with Crippen LogP contribution in [0.4, 0.5) is 5.82 Å². The molecule has 0 fully saturated rings. The number of carbonyl (C=O) groups excluding carboxylic acids is 1. The zero-order valence-electron chi connectivity index (χ0n) is 20.8. The molecule has 10 nitrogen and oxygen atoms in total. The minimum Gasteiger partial charge on any atom is -0.369 e. The monoisotopic (exact) mass is 519 g/mol. The molecule has 35 heavy (non-hydrogen) atoms. The molecule has 0 saturated carbocycles. The molecule has 3 aromatic rings. The van der Waals surface area contributed by atoms with Gasteiger partial charge in [-0.3, -0.25) is 4.79 Å². The van der Waals surface area contributed by atoms with Crippen LogP contribution >= 0.6 is 11.8 Å². The van der Waals surface area contributed by atoms with Crippen LogP contribution in [0.5, 0.6) is 0 Å². The van der Waals surface area contributed by atoms with Crippen molar-refractivity contribution in [2.24, 2.45) is 5.92 Å². The van der Waals surface area contributed by atoms with Crippen LogP contribution in [0.25, 0.3) is 11.0 Å². The number of hydrogen-bond acceptors (Lipinski definition) is 8. The molecule has 3 rings (SSSR count). The molecule has 0 saturated heterocycles. The lowest BCUT2D eigenvalue weighted by Gasteiger charge is -2.18. The number of nitrogens with zero attached hydrogens (tertiary/aromatic N) is 5. The topological polar surface area (TPSA) is 122 Å². The number of carbonyl (C=O) groups is 1. The van der Waals surface area contributed by atoms with Gasteiger partial charge in [0.1, 0.15) is 5.82 Å². The fraction of sp³-hybridized carbons (Fsp3) is 0.478. The zero-order chi connectivity index (χ0) is 25.6. The number of hydrogen-bond donors (Lipinski definition) is 2. The summed E-state index contributed by atoms with van der Waals surface area (Å²) in [7, 11) is -3.56. The third kappa shape index (κ3) is 6.30. The van der Waals surface area contributed by atoms with Gasteiger partial charge in [-0.1, -0.05) is 39.5 Å². The zero-order valence-corrected chi connectivity index (χ0v) is 22.4. The van der Waals surface area contributed by atoms with Crippen molar-refractivity contribution in [1.82, 2.24) is 29.4 Å². The Labute approximate surface area is 211 Å². The summed E-state index contributed by atoms with van der Waals surface area (Å²) in [6.07, 6.45) is 3.66. The van der Waals surface area contributed by atoms with Crippen LogP contribution in [-0.2, 0) is 16.6 Å². The van der Waals surface area contributed by atoms with Gasteiger partial charge in [-0.05, 0) is 36.4 Å². The minimum atomic E-state index is -3.56. The highest BCUT2D eigenvalue weighted by Crippen LogP contribution is 2.23. The predicted molar refractivity (Wildman–Crippen MR) is 139 cm³/mol. The van der Waals surface area contributed by atoms with E-state index in [1.807, 2.05) is 6.26 Å². The summed E-state index contributed by atoms with van der Waals surface area (Å²) >= 11 is 1.46. The second-order valence-electron chi connectivity index (χ2n) is 8.31. The lowest BCUT2D eigenvalue weighted by Crippen LogP contribution is -2.31. The number of fused-ring (bicyclic) bond motifs is 1. The van der Waals surface area contributed by atoms with Crippen molar-refractivity contribution in [3.63, 3.8) is 0 Å². The maximum absolute atomic E-state index is 12.6. The van der Waals surface area contributed by atoms with Gasteiger partial charge in [-0.2, -0.15) is 9.40 Å². The maximum atomic E-state index is 12.6. The first-order valence-electron chi connectivity index (χ1n) is 11.6. The summed E-state index contributed by atoms with van der Waals surface area (Å²) in [5.74, 6) is 0.935. The van der Waals surface area contributed by atoms with Gasteiger partial charge in [0.05, 0.1) is 23.0 Å². The van der Waals surface area contributed by atoms with E-state index in [2.05, 4.69) is 39.5 Å². The number of rotatable bonds is 12. The van der Waals surface area contributed by atoms with Crippen LogP contribution in [0.2, 0.25) is 0 Å². The van der Waals surface area contributed by atoms with Crippen molar-refractivity contribution >= 4 is 44.5 Å². The van der Waals surface area contributed by atoms with E-state index in [-0.39, 0.29) is 10.8 Å². The summed E-state index contributed by atoms with van der Waals surface area (Å²) in [4.78, 5) is 21.9. The second-order valence-corrected chi connectivity index (χ2v) is 11.0. The van der Waals surface area contributed by atoms with Crippen LogP contribution in [0.15, 0.2) is 40.5 Å². The molecule has 2 N–H and O–H groups in total. The highest BCUT2D eigenvalue weighted by molar-refractivity contribution is 7.98. The molecule has 0 aliphatic heterocycles. The van der Waals surface area contributed by atoms with Gasteiger partial charge in [0.25, 0.3) is 5.91 Å². The number of thioether (sulfide) groups is 1. The van der Waals surface area contributed by atoms with Gasteiger partial charge in [-0.15, -0.1) is 0 Å². The van der Waals surface area contributed by atoms with Crippen molar-refractivity contribution < 1.29 is 13.2 Å². The third-order valence-electron chi connectivity index (χ3n) is 5.40. The average molecular weight is 520 g/mol. The molecular formula is C23H33N7O3S2. The highest BCUT2D eigenvalue weighted by Gasteiger charge is 2.21. The Kier molecular flexibility index (Phi) is 9.09. The Balaban J connectivity index is 1.67. The molecule has 1 amide bonds. The van der Waals surface area contributed by atoms with Gasteiger partial charge in [0.2, 0.25) is 10.0 Å². The highest BCUT2D eigenvalue weighted by atomic mass is 32.2. The van der Waals surface area contributed by atoms with Crippen molar-refractivity contribution in [2.75, 3.05) is 37.8 Å². The van der Waals surface area contributed by atoms with E-state index in [9.17, 15) is 13.2 Å². The Bertz CT molecular complexity index is 1250. The molecule has 0 aliphatic carbocycles. The number of sulfonamides is 1. The Morgan fingerprint density at radius 1 is 1.14 bits per heavy atom. The van der Waals surface area contributed by atoms with E-state index in [0.29, 0.717) is 48.5 Å². The molecule has 12 heteroatoms. The predicted octanol–water partition coefficient (Wildman–Crippen LogP) is 3.08. The molecule has 0 radical (unpaired) electrons. The Morgan fingerprint density at radius 2 is 1.83 bits per heavy atom. The molecule has 0 atom stereocenters. The van der Waals surface area contributed by atoms with E-state index in [1.165, 1.54) is 40.3 Å². The minimum absolute atomic E-state index is 0.173. The largest absolute Gasteiger partial charge is 0.369 e. The van der Waals surface area contributed by atoms with Gasteiger partial charge >= 0.3 is 0 Å². The molecule has 1 aromatic carbocycles. The summed E-state index contributed by atoms with van der Waals surface area (Å²) < 4.78 is 28.4. The summed E-state index contributed by atoms with van der Waals surface area (Å²) in [5.41, 5.74) is 1.09. The fourth-order valence-electron chi connectivity index (χ4n) is 3.49. The molecule has 2 aromatic heterocycles.